The summed E-state index contributed by atoms with van der Waals surface area (Å²) >= 11 is 1.55. The van der Waals surface area contributed by atoms with E-state index < -0.39 is 11.9 Å². The first-order chi connectivity index (χ1) is 12.1. The van der Waals surface area contributed by atoms with Gasteiger partial charge >= 0.3 is 5.97 Å². The number of aromatic hydroxyl groups is 1. The molecule has 0 saturated carbocycles. The van der Waals surface area contributed by atoms with Crippen molar-refractivity contribution in [2.45, 2.75) is 6.92 Å². The zero-order valence-electron chi connectivity index (χ0n) is 13.4. The van der Waals surface area contributed by atoms with E-state index in [9.17, 15) is 14.7 Å². The normalized spacial score (nSPS) is 10.6. The Balaban J connectivity index is 1.93. The van der Waals surface area contributed by atoms with E-state index in [1.54, 1.807) is 30.5 Å². The zero-order valence-corrected chi connectivity index (χ0v) is 14.2. The lowest BCUT2D eigenvalue weighted by atomic mass is 10.1. The molecule has 2 heterocycles. The number of hydrogen-bond donors (Lipinski definition) is 2. The van der Waals surface area contributed by atoms with Crippen molar-refractivity contribution in [3.8, 4) is 17.0 Å². The molecule has 0 radical (unpaired) electrons. The lowest BCUT2D eigenvalue weighted by molar-refractivity contribution is -0.141. The molecule has 0 unspecified atom stereocenters. The Morgan fingerprint density at radius 1 is 1.32 bits per heavy atom. The number of phenols is 1. The van der Waals surface area contributed by atoms with Gasteiger partial charge in [0.15, 0.2) is 0 Å². The molecule has 0 atom stereocenters. The number of carbonyl (C=O) groups is 2. The minimum absolute atomic E-state index is 0.0221. The number of amides is 1. The average Bonchev–Trinajstić information content (AvgIpc) is 3.14. The van der Waals surface area contributed by atoms with Gasteiger partial charge in [0, 0.05) is 10.9 Å². The van der Waals surface area contributed by atoms with Crippen LogP contribution in [0.5, 0.6) is 5.75 Å². The number of rotatable bonds is 5. The van der Waals surface area contributed by atoms with Crippen molar-refractivity contribution in [3.05, 3.63) is 40.7 Å². The third kappa shape index (κ3) is 3.58. The first-order valence-electron chi connectivity index (χ1n) is 7.55. The first kappa shape index (κ1) is 16.8. The van der Waals surface area contributed by atoms with E-state index in [1.807, 2.05) is 16.8 Å². The van der Waals surface area contributed by atoms with Gasteiger partial charge in [-0.05, 0) is 30.5 Å². The van der Waals surface area contributed by atoms with Gasteiger partial charge in [0.25, 0.3) is 5.91 Å². The quantitative estimate of drug-likeness (QED) is 0.680. The van der Waals surface area contributed by atoms with Crippen molar-refractivity contribution < 1.29 is 19.4 Å². The van der Waals surface area contributed by atoms with Crippen LogP contribution in [0.1, 0.15) is 17.3 Å². The molecule has 7 nitrogen and oxygen atoms in total. The Bertz CT molecular complexity index is 925. The van der Waals surface area contributed by atoms with Gasteiger partial charge in [0.1, 0.15) is 23.4 Å². The van der Waals surface area contributed by atoms with Gasteiger partial charge in [-0.3, -0.25) is 14.6 Å². The standard InChI is InChI=1S/C17H15N3O4S/c1-2-24-14(22)8-19-17(23)15-13(21)4-3-11-16(15)18-7-12(20-11)10-5-6-25-9-10/h3-7,9,21H,2,8H2,1H3,(H,19,23). The van der Waals surface area contributed by atoms with Crippen molar-refractivity contribution in [2.75, 3.05) is 13.2 Å². The molecule has 0 aliphatic rings. The number of phenolic OH excluding ortho intramolecular Hbond substituents is 1. The highest BCUT2D eigenvalue weighted by Gasteiger charge is 2.18. The second-order valence-corrected chi connectivity index (χ2v) is 5.86. The molecule has 2 aromatic heterocycles. The summed E-state index contributed by atoms with van der Waals surface area (Å²) in [5, 5.41) is 16.4. The molecule has 0 fully saturated rings. The summed E-state index contributed by atoms with van der Waals surface area (Å²) in [7, 11) is 0. The molecule has 0 saturated heterocycles. The fourth-order valence-corrected chi connectivity index (χ4v) is 2.95. The number of hydrogen-bond acceptors (Lipinski definition) is 7. The minimum Gasteiger partial charge on any atom is -0.507 e. The van der Waals surface area contributed by atoms with E-state index in [1.165, 1.54) is 6.07 Å². The van der Waals surface area contributed by atoms with Crippen LogP contribution in [0.15, 0.2) is 35.2 Å². The second-order valence-electron chi connectivity index (χ2n) is 5.08. The van der Waals surface area contributed by atoms with Crippen LogP contribution in [0, 0.1) is 0 Å². The van der Waals surface area contributed by atoms with Gasteiger partial charge in [-0.25, -0.2) is 4.98 Å². The maximum Gasteiger partial charge on any atom is 0.325 e. The largest absolute Gasteiger partial charge is 0.507 e. The number of esters is 1. The fourth-order valence-electron chi connectivity index (χ4n) is 2.30. The number of thiophene rings is 1. The number of nitrogens with zero attached hydrogens (tertiary/aromatic N) is 2. The van der Waals surface area contributed by atoms with Gasteiger partial charge < -0.3 is 15.2 Å². The number of fused-ring (bicyclic) bond motifs is 1. The molecule has 1 amide bonds. The van der Waals surface area contributed by atoms with Gasteiger partial charge in [-0.15, -0.1) is 0 Å². The second kappa shape index (κ2) is 7.27. The van der Waals surface area contributed by atoms with Crippen molar-refractivity contribution >= 4 is 34.2 Å². The van der Waals surface area contributed by atoms with Crippen LogP contribution in [-0.2, 0) is 9.53 Å². The summed E-state index contributed by atoms with van der Waals surface area (Å²) in [6, 6.07) is 4.90. The highest BCUT2D eigenvalue weighted by molar-refractivity contribution is 7.08. The summed E-state index contributed by atoms with van der Waals surface area (Å²) in [5.41, 5.74) is 2.33. The first-order valence-corrected chi connectivity index (χ1v) is 8.49. The smallest absolute Gasteiger partial charge is 0.325 e. The fraction of sp³-hybridized carbons (Fsp3) is 0.176. The Morgan fingerprint density at radius 2 is 2.16 bits per heavy atom. The van der Waals surface area contributed by atoms with Crippen molar-refractivity contribution in [1.29, 1.82) is 0 Å². The topological polar surface area (TPSA) is 101 Å². The SMILES string of the molecule is CCOC(=O)CNC(=O)c1c(O)ccc2nc(-c3ccsc3)cnc12. The maximum absolute atomic E-state index is 12.4. The molecule has 3 aromatic rings. The molecular formula is C17H15N3O4S. The summed E-state index contributed by atoms with van der Waals surface area (Å²) in [5.74, 6) is -1.40. The van der Waals surface area contributed by atoms with Crippen molar-refractivity contribution in [2.24, 2.45) is 0 Å². The number of carbonyl (C=O) groups excluding carboxylic acids is 2. The maximum atomic E-state index is 12.4. The van der Waals surface area contributed by atoms with Crippen LogP contribution < -0.4 is 5.32 Å². The van der Waals surface area contributed by atoms with E-state index in [4.69, 9.17) is 4.74 Å². The van der Waals surface area contributed by atoms with Gasteiger partial charge in [0.05, 0.1) is 24.0 Å². The summed E-state index contributed by atoms with van der Waals surface area (Å²) in [6.45, 7) is 1.62. The lowest BCUT2D eigenvalue weighted by Gasteiger charge is -2.09. The van der Waals surface area contributed by atoms with Gasteiger partial charge in [-0.2, -0.15) is 11.3 Å². The Hall–Kier alpha value is -3.00. The Kier molecular flexibility index (Phi) is 4.90. The molecule has 2 N–H and O–H groups in total. The van der Waals surface area contributed by atoms with E-state index in [0.717, 1.165) is 5.56 Å². The predicted octanol–water partition coefficient (Wildman–Crippen LogP) is 2.36. The van der Waals surface area contributed by atoms with Crippen LogP contribution in [0.4, 0.5) is 0 Å². The van der Waals surface area contributed by atoms with E-state index >= 15 is 0 Å². The van der Waals surface area contributed by atoms with Crippen LogP contribution in [0.2, 0.25) is 0 Å². The van der Waals surface area contributed by atoms with Gasteiger partial charge in [0.2, 0.25) is 0 Å². The van der Waals surface area contributed by atoms with E-state index in [-0.39, 0.29) is 30.0 Å². The lowest BCUT2D eigenvalue weighted by Crippen LogP contribution is -2.31. The van der Waals surface area contributed by atoms with E-state index in [0.29, 0.717) is 11.2 Å². The minimum atomic E-state index is -0.617. The predicted molar refractivity (Wildman–Crippen MR) is 93.5 cm³/mol. The number of nitrogens with one attached hydrogen (secondary N) is 1. The molecule has 25 heavy (non-hydrogen) atoms. The third-order valence-electron chi connectivity index (χ3n) is 3.43. The van der Waals surface area contributed by atoms with Crippen molar-refractivity contribution in [3.63, 3.8) is 0 Å². The molecule has 0 bridgehead atoms. The Labute approximate surface area is 147 Å². The molecular weight excluding hydrogens is 342 g/mol. The van der Waals surface area contributed by atoms with E-state index in [2.05, 4.69) is 15.3 Å². The Morgan fingerprint density at radius 3 is 2.88 bits per heavy atom. The molecule has 0 aliphatic carbocycles. The van der Waals surface area contributed by atoms with Crippen LogP contribution in [0.25, 0.3) is 22.3 Å². The highest BCUT2D eigenvalue weighted by Crippen LogP contribution is 2.27. The van der Waals surface area contributed by atoms with Gasteiger partial charge in [-0.1, -0.05) is 0 Å². The highest BCUT2D eigenvalue weighted by atomic mass is 32.1. The summed E-state index contributed by atoms with van der Waals surface area (Å²) in [4.78, 5) is 32.5. The molecule has 0 aliphatic heterocycles. The summed E-state index contributed by atoms with van der Waals surface area (Å²) in [6.07, 6.45) is 1.55. The number of ether oxygens (including phenoxy) is 1. The molecule has 0 spiro atoms. The third-order valence-corrected chi connectivity index (χ3v) is 4.12. The number of benzene rings is 1. The van der Waals surface area contributed by atoms with Crippen molar-refractivity contribution in [1.82, 2.24) is 15.3 Å². The average molecular weight is 357 g/mol. The van der Waals surface area contributed by atoms with Crippen LogP contribution in [-0.4, -0.2) is 40.1 Å². The number of aromatic nitrogens is 2. The van der Waals surface area contributed by atoms with Crippen LogP contribution >= 0.6 is 11.3 Å². The molecule has 128 valence electrons. The molecule has 8 heteroatoms. The zero-order chi connectivity index (χ0) is 17.8. The monoisotopic (exact) mass is 357 g/mol. The molecule has 1 aromatic carbocycles. The van der Waals surface area contributed by atoms with Crippen LogP contribution in [0.3, 0.4) is 0 Å². The summed E-state index contributed by atoms with van der Waals surface area (Å²) < 4.78 is 4.76. The molecule has 3 rings (SSSR count).